The Balaban J connectivity index is 4.85. The van der Waals surface area contributed by atoms with E-state index in [4.69, 9.17) is 5.11 Å². The molecule has 0 bridgehead atoms. The lowest BCUT2D eigenvalue weighted by molar-refractivity contribution is -0.163. The Morgan fingerprint density at radius 1 is 1.75 bits per heavy atom. The van der Waals surface area contributed by atoms with Gasteiger partial charge in [0.05, 0.1) is 0 Å². The Hall–Kier alpha value is -1.19. The zero-order chi connectivity index (χ0) is 9.78. The first-order valence-electron chi connectivity index (χ1n) is 3.53. The zero-order valence-electron chi connectivity index (χ0n) is 6.94. The van der Waals surface area contributed by atoms with E-state index in [1.165, 1.54) is 6.92 Å². The van der Waals surface area contributed by atoms with E-state index in [0.29, 0.717) is 6.42 Å². The molecule has 0 fully saturated rings. The van der Waals surface area contributed by atoms with Crippen LogP contribution in [-0.4, -0.2) is 28.0 Å². The molecule has 0 heterocycles. The second kappa shape index (κ2) is 3.99. The molecule has 0 aliphatic rings. The van der Waals surface area contributed by atoms with Gasteiger partial charge in [0.15, 0.2) is 0 Å². The van der Waals surface area contributed by atoms with Crippen LogP contribution in [0.15, 0.2) is 4.99 Å². The first-order valence-corrected chi connectivity index (χ1v) is 3.53. The normalized spacial score (nSPS) is 17.2. The minimum atomic E-state index is -2.32. The second-order valence-electron chi connectivity index (χ2n) is 2.54. The van der Waals surface area contributed by atoms with Crippen LogP contribution in [0.25, 0.3) is 0 Å². The van der Waals surface area contributed by atoms with Crippen LogP contribution >= 0.6 is 0 Å². The predicted octanol–water partition coefficient (Wildman–Crippen LogP) is 0.142. The number of aliphatic carboxylic acids is 1. The monoisotopic (exact) mass is 173 g/mol. The molecule has 0 saturated carbocycles. The number of carboxylic acids is 1. The minimum Gasteiger partial charge on any atom is -0.478 e. The van der Waals surface area contributed by atoms with Gasteiger partial charge in [0.2, 0.25) is 6.08 Å². The molecule has 0 aliphatic carbocycles. The molecule has 2 unspecified atom stereocenters. The van der Waals surface area contributed by atoms with Crippen molar-refractivity contribution < 1.29 is 19.8 Å². The fourth-order valence-electron chi connectivity index (χ4n) is 0.723. The molecule has 0 aromatic rings. The van der Waals surface area contributed by atoms with Gasteiger partial charge in [-0.2, -0.15) is 4.99 Å². The van der Waals surface area contributed by atoms with E-state index in [1.54, 1.807) is 6.92 Å². The van der Waals surface area contributed by atoms with Gasteiger partial charge < -0.3 is 10.2 Å². The number of hydrogen-bond acceptors (Lipinski definition) is 4. The van der Waals surface area contributed by atoms with E-state index in [2.05, 4.69) is 4.99 Å². The molecule has 5 heteroatoms. The molecule has 0 amide bonds. The lowest BCUT2D eigenvalue weighted by Crippen LogP contribution is -2.42. The van der Waals surface area contributed by atoms with Crippen molar-refractivity contribution in [1.29, 1.82) is 0 Å². The van der Waals surface area contributed by atoms with Gasteiger partial charge in [-0.1, -0.05) is 13.8 Å². The summed E-state index contributed by atoms with van der Waals surface area (Å²) in [6, 6.07) is 0. The van der Waals surface area contributed by atoms with Crippen molar-refractivity contribution in [2.45, 2.75) is 26.0 Å². The van der Waals surface area contributed by atoms with Crippen molar-refractivity contribution >= 4 is 12.0 Å². The number of aliphatic imine (C=N–C) groups is 1. The Morgan fingerprint density at radius 3 is 2.50 bits per heavy atom. The van der Waals surface area contributed by atoms with Crippen molar-refractivity contribution in [1.82, 2.24) is 0 Å². The molecule has 68 valence electrons. The van der Waals surface area contributed by atoms with E-state index in [9.17, 15) is 14.7 Å². The van der Waals surface area contributed by atoms with Gasteiger partial charge in [-0.05, 0) is 6.42 Å². The Morgan fingerprint density at radius 2 is 2.25 bits per heavy atom. The summed E-state index contributed by atoms with van der Waals surface area (Å²) < 4.78 is 0. The Kier molecular flexibility index (Phi) is 3.60. The van der Waals surface area contributed by atoms with Gasteiger partial charge in [-0.25, -0.2) is 9.59 Å². The largest absolute Gasteiger partial charge is 0.478 e. The molecule has 0 spiro atoms. The zero-order valence-corrected chi connectivity index (χ0v) is 6.94. The van der Waals surface area contributed by atoms with Crippen molar-refractivity contribution in [3.8, 4) is 0 Å². The van der Waals surface area contributed by atoms with Crippen molar-refractivity contribution in [3.05, 3.63) is 0 Å². The minimum absolute atomic E-state index is 0.411. The van der Waals surface area contributed by atoms with Crippen LogP contribution in [0.5, 0.6) is 0 Å². The number of carboxylic acid groups (broad SMARTS) is 1. The Labute approximate surface area is 69.7 Å². The van der Waals surface area contributed by atoms with Gasteiger partial charge in [-0.3, -0.25) is 0 Å². The van der Waals surface area contributed by atoms with E-state index < -0.39 is 17.6 Å². The van der Waals surface area contributed by atoms with Crippen LogP contribution < -0.4 is 0 Å². The molecular formula is C7H11NO4. The van der Waals surface area contributed by atoms with Crippen LogP contribution in [0.4, 0.5) is 0 Å². The second-order valence-corrected chi connectivity index (χ2v) is 2.54. The topological polar surface area (TPSA) is 87.0 Å². The van der Waals surface area contributed by atoms with E-state index in [1.807, 2.05) is 0 Å². The maximum Gasteiger partial charge on any atom is 0.360 e. The lowest BCUT2D eigenvalue weighted by Gasteiger charge is -2.22. The third-order valence-electron chi connectivity index (χ3n) is 1.83. The van der Waals surface area contributed by atoms with Crippen molar-refractivity contribution in [2.75, 3.05) is 0 Å². The highest BCUT2D eigenvalue weighted by molar-refractivity contribution is 5.78. The van der Waals surface area contributed by atoms with Crippen LogP contribution in [0.2, 0.25) is 0 Å². The third kappa shape index (κ3) is 1.90. The molecule has 0 aromatic carbocycles. The van der Waals surface area contributed by atoms with Crippen molar-refractivity contribution in [3.63, 3.8) is 0 Å². The van der Waals surface area contributed by atoms with Crippen molar-refractivity contribution in [2.24, 2.45) is 10.9 Å². The lowest BCUT2D eigenvalue weighted by atomic mass is 9.96. The van der Waals surface area contributed by atoms with Gasteiger partial charge in [0.1, 0.15) is 0 Å². The summed E-state index contributed by atoms with van der Waals surface area (Å²) >= 11 is 0. The first kappa shape index (κ1) is 10.8. The highest BCUT2D eigenvalue weighted by Crippen LogP contribution is 2.21. The summed E-state index contributed by atoms with van der Waals surface area (Å²) in [5, 5.41) is 17.9. The molecule has 0 saturated heterocycles. The maximum atomic E-state index is 10.5. The van der Waals surface area contributed by atoms with Crippen LogP contribution in [0, 0.1) is 5.92 Å². The molecule has 5 nitrogen and oxygen atoms in total. The number of aliphatic hydroxyl groups is 1. The highest BCUT2D eigenvalue weighted by Gasteiger charge is 2.41. The van der Waals surface area contributed by atoms with Gasteiger partial charge >= 0.3 is 5.97 Å². The average molecular weight is 173 g/mol. The molecule has 0 rings (SSSR count). The van der Waals surface area contributed by atoms with Crippen LogP contribution in [0.3, 0.4) is 0 Å². The average Bonchev–Trinajstić information content (AvgIpc) is 2.03. The van der Waals surface area contributed by atoms with E-state index >= 15 is 0 Å². The number of carbonyl (C=O) groups is 1. The predicted molar refractivity (Wildman–Crippen MR) is 40.2 cm³/mol. The molecule has 0 aromatic heterocycles. The molecule has 0 aliphatic heterocycles. The molecule has 12 heavy (non-hydrogen) atoms. The summed E-state index contributed by atoms with van der Waals surface area (Å²) in [5.41, 5.74) is -2.32. The summed E-state index contributed by atoms with van der Waals surface area (Å²) in [4.78, 5) is 23.2. The third-order valence-corrected chi connectivity index (χ3v) is 1.83. The molecule has 2 atom stereocenters. The Bertz CT molecular complexity index is 217. The van der Waals surface area contributed by atoms with E-state index in [-0.39, 0.29) is 0 Å². The quantitative estimate of drug-likeness (QED) is 0.467. The number of isocyanates is 1. The number of hydrogen-bond donors (Lipinski definition) is 2. The van der Waals surface area contributed by atoms with Gasteiger partial charge in [0.25, 0.3) is 5.72 Å². The summed E-state index contributed by atoms with van der Waals surface area (Å²) in [6.45, 7) is 3.19. The van der Waals surface area contributed by atoms with Gasteiger partial charge in [-0.15, -0.1) is 0 Å². The summed E-state index contributed by atoms with van der Waals surface area (Å²) in [5.74, 6) is -2.14. The summed E-state index contributed by atoms with van der Waals surface area (Å²) in [7, 11) is 0. The smallest absolute Gasteiger partial charge is 0.360 e. The number of rotatable bonds is 4. The SMILES string of the molecule is CCC(C)C(O)(N=C=O)C(=O)O. The molecule has 2 N–H and O–H groups in total. The first-order chi connectivity index (χ1) is 5.49. The maximum absolute atomic E-state index is 10.5. The fraction of sp³-hybridized carbons (Fsp3) is 0.714. The molecule has 0 radical (unpaired) electrons. The number of carbonyl (C=O) groups excluding carboxylic acids is 1. The van der Waals surface area contributed by atoms with Crippen LogP contribution in [0.1, 0.15) is 20.3 Å². The highest BCUT2D eigenvalue weighted by atomic mass is 16.4. The fourth-order valence-corrected chi connectivity index (χ4v) is 0.723. The molecular weight excluding hydrogens is 162 g/mol. The van der Waals surface area contributed by atoms with E-state index in [0.717, 1.165) is 6.08 Å². The summed E-state index contributed by atoms with van der Waals surface area (Å²) in [6.07, 6.45) is 1.46. The number of nitrogens with zero attached hydrogens (tertiary/aromatic N) is 1. The van der Waals surface area contributed by atoms with Crippen LogP contribution in [-0.2, 0) is 9.59 Å². The standard InChI is InChI=1S/C7H11NO4/c1-3-5(2)7(12,6(10)11)8-4-9/h5,12H,3H2,1-2H3,(H,10,11). The van der Waals surface area contributed by atoms with Gasteiger partial charge in [0, 0.05) is 5.92 Å².